The zero-order valence-corrected chi connectivity index (χ0v) is 8.89. The summed E-state index contributed by atoms with van der Waals surface area (Å²) in [4.78, 5) is 15.5. The van der Waals surface area contributed by atoms with Crippen molar-refractivity contribution >= 4 is 11.6 Å². The van der Waals surface area contributed by atoms with Crippen molar-refractivity contribution in [1.29, 1.82) is 5.26 Å². The van der Waals surface area contributed by atoms with Gasteiger partial charge in [0.1, 0.15) is 11.7 Å². The predicted molar refractivity (Wildman–Crippen MR) is 56.0 cm³/mol. The monoisotopic (exact) mass is 215 g/mol. The van der Waals surface area contributed by atoms with E-state index in [0.717, 1.165) is 0 Å². The van der Waals surface area contributed by atoms with Gasteiger partial charge in [-0.05, 0) is 19.1 Å². The first-order valence-electron chi connectivity index (χ1n) is 4.64. The molecule has 0 aromatic carbocycles. The Hall–Kier alpha value is -2.35. The smallest absolute Gasteiger partial charge is 0.358 e. The van der Waals surface area contributed by atoms with Gasteiger partial charge in [-0.25, -0.2) is 9.78 Å². The number of methoxy groups -OCH3 is 1. The van der Waals surface area contributed by atoms with E-state index in [1.807, 2.05) is 6.07 Å². The molecule has 2 aromatic heterocycles. The Kier molecular flexibility index (Phi) is 2.33. The third kappa shape index (κ3) is 1.41. The molecule has 0 aliphatic carbocycles. The summed E-state index contributed by atoms with van der Waals surface area (Å²) in [6, 6.07) is 5.38. The van der Waals surface area contributed by atoms with Crippen molar-refractivity contribution in [2.45, 2.75) is 6.92 Å². The first-order chi connectivity index (χ1) is 7.67. The molecule has 0 N–H and O–H groups in total. The van der Waals surface area contributed by atoms with Gasteiger partial charge in [-0.3, -0.25) is 0 Å². The van der Waals surface area contributed by atoms with Gasteiger partial charge in [0.2, 0.25) is 0 Å². The molecule has 0 radical (unpaired) electrons. The second-order valence-electron chi connectivity index (χ2n) is 3.30. The van der Waals surface area contributed by atoms with E-state index in [1.54, 1.807) is 29.7 Å². The Balaban J connectivity index is 2.70. The van der Waals surface area contributed by atoms with Crippen LogP contribution in [-0.4, -0.2) is 22.5 Å². The number of imidazole rings is 1. The van der Waals surface area contributed by atoms with Crippen LogP contribution in [0.1, 0.15) is 21.7 Å². The average molecular weight is 215 g/mol. The lowest BCUT2D eigenvalue weighted by atomic mass is 10.3. The van der Waals surface area contributed by atoms with Crippen LogP contribution in [0.3, 0.4) is 0 Å². The quantitative estimate of drug-likeness (QED) is 0.672. The van der Waals surface area contributed by atoms with Gasteiger partial charge in [0.05, 0.1) is 18.4 Å². The Bertz CT molecular complexity index is 607. The fourth-order valence-corrected chi connectivity index (χ4v) is 1.52. The first-order valence-corrected chi connectivity index (χ1v) is 4.64. The van der Waals surface area contributed by atoms with Crippen molar-refractivity contribution in [1.82, 2.24) is 9.38 Å². The molecule has 2 rings (SSSR count). The number of nitrogens with zero attached hydrogens (tertiary/aromatic N) is 3. The molecular weight excluding hydrogens is 206 g/mol. The SMILES string of the molecule is COC(=O)c1nc2ccc(C#N)cn2c1C. The summed E-state index contributed by atoms with van der Waals surface area (Å²) in [5.41, 5.74) is 2.08. The number of ether oxygens (including phenoxy) is 1. The number of hydrogen-bond donors (Lipinski definition) is 0. The summed E-state index contributed by atoms with van der Waals surface area (Å²) in [5, 5.41) is 8.77. The maximum Gasteiger partial charge on any atom is 0.358 e. The molecule has 16 heavy (non-hydrogen) atoms. The van der Waals surface area contributed by atoms with Gasteiger partial charge < -0.3 is 9.14 Å². The number of carbonyl (C=O) groups excluding carboxylic acids is 1. The van der Waals surface area contributed by atoms with E-state index in [1.165, 1.54) is 7.11 Å². The highest BCUT2D eigenvalue weighted by Crippen LogP contribution is 2.13. The molecule has 0 fully saturated rings. The summed E-state index contributed by atoms with van der Waals surface area (Å²) in [6.45, 7) is 1.76. The Morgan fingerprint density at radius 2 is 2.31 bits per heavy atom. The van der Waals surface area contributed by atoms with Crippen LogP contribution in [-0.2, 0) is 4.74 Å². The summed E-state index contributed by atoms with van der Waals surface area (Å²) in [7, 11) is 1.31. The zero-order valence-electron chi connectivity index (χ0n) is 8.89. The topological polar surface area (TPSA) is 67.4 Å². The second-order valence-corrected chi connectivity index (χ2v) is 3.30. The zero-order chi connectivity index (χ0) is 11.7. The van der Waals surface area contributed by atoms with Gasteiger partial charge in [-0.15, -0.1) is 0 Å². The van der Waals surface area contributed by atoms with E-state index < -0.39 is 5.97 Å². The summed E-state index contributed by atoms with van der Waals surface area (Å²) < 4.78 is 6.32. The molecule has 0 aliphatic heterocycles. The van der Waals surface area contributed by atoms with E-state index in [9.17, 15) is 4.79 Å². The number of carbonyl (C=O) groups is 1. The molecule has 0 aliphatic rings. The standard InChI is InChI=1S/C11H9N3O2/c1-7-10(11(15)16-2)13-9-4-3-8(5-12)6-14(7)9/h3-4,6H,1-2H3. The molecule has 2 aromatic rings. The number of fused-ring (bicyclic) bond motifs is 1. The fraction of sp³-hybridized carbons (Fsp3) is 0.182. The van der Waals surface area contributed by atoms with Crippen LogP contribution in [0.4, 0.5) is 0 Å². The molecule has 0 unspecified atom stereocenters. The Morgan fingerprint density at radius 1 is 1.56 bits per heavy atom. The van der Waals surface area contributed by atoms with Crippen molar-refractivity contribution in [2.75, 3.05) is 7.11 Å². The number of rotatable bonds is 1. The molecule has 0 saturated carbocycles. The first kappa shape index (κ1) is 10.2. The minimum atomic E-state index is -0.472. The van der Waals surface area contributed by atoms with Crippen molar-refractivity contribution in [3.63, 3.8) is 0 Å². The maximum atomic E-state index is 11.4. The Morgan fingerprint density at radius 3 is 2.94 bits per heavy atom. The largest absolute Gasteiger partial charge is 0.464 e. The van der Waals surface area contributed by atoms with Crippen molar-refractivity contribution in [3.05, 3.63) is 35.3 Å². The molecule has 5 heteroatoms. The molecule has 0 atom stereocenters. The molecule has 0 amide bonds. The van der Waals surface area contributed by atoms with Gasteiger partial charge in [0.25, 0.3) is 0 Å². The molecule has 5 nitrogen and oxygen atoms in total. The third-order valence-electron chi connectivity index (χ3n) is 2.37. The molecular formula is C11H9N3O2. The van der Waals surface area contributed by atoms with Gasteiger partial charge in [-0.1, -0.05) is 0 Å². The van der Waals surface area contributed by atoms with Crippen LogP contribution in [0.5, 0.6) is 0 Å². The number of hydrogen-bond acceptors (Lipinski definition) is 4. The van der Waals surface area contributed by atoms with Crippen LogP contribution in [0.15, 0.2) is 18.3 Å². The van der Waals surface area contributed by atoms with Gasteiger partial charge in [-0.2, -0.15) is 5.26 Å². The second kappa shape index (κ2) is 3.66. The summed E-state index contributed by atoms with van der Waals surface area (Å²) in [6.07, 6.45) is 1.64. The summed E-state index contributed by atoms with van der Waals surface area (Å²) in [5.74, 6) is -0.472. The molecule has 0 saturated heterocycles. The number of pyridine rings is 1. The molecule has 80 valence electrons. The van der Waals surface area contributed by atoms with Gasteiger partial charge in [0, 0.05) is 6.20 Å². The van der Waals surface area contributed by atoms with Crippen molar-refractivity contribution in [3.8, 4) is 6.07 Å². The van der Waals surface area contributed by atoms with E-state index >= 15 is 0 Å². The van der Waals surface area contributed by atoms with E-state index in [-0.39, 0.29) is 5.69 Å². The van der Waals surface area contributed by atoms with Crippen LogP contribution in [0.2, 0.25) is 0 Å². The number of aromatic nitrogens is 2. The highest BCUT2D eigenvalue weighted by molar-refractivity contribution is 5.89. The fourth-order valence-electron chi connectivity index (χ4n) is 1.52. The minimum Gasteiger partial charge on any atom is -0.464 e. The maximum absolute atomic E-state index is 11.4. The van der Waals surface area contributed by atoms with Crippen molar-refractivity contribution in [2.24, 2.45) is 0 Å². The van der Waals surface area contributed by atoms with Gasteiger partial charge in [0.15, 0.2) is 5.69 Å². The van der Waals surface area contributed by atoms with E-state index in [4.69, 9.17) is 5.26 Å². The highest BCUT2D eigenvalue weighted by Gasteiger charge is 2.16. The summed E-state index contributed by atoms with van der Waals surface area (Å²) >= 11 is 0. The Labute approximate surface area is 91.9 Å². The minimum absolute atomic E-state index is 0.276. The van der Waals surface area contributed by atoms with Crippen LogP contribution in [0.25, 0.3) is 5.65 Å². The molecule has 0 spiro atoms. The number of nitriles is 1. The number of esters is 1. The average Bonchev–Trinajstić information content (AvgIpc) is 2.65. The van der Waals surface area contributed by atoms with E-state index in [0.29, 0.717) is 16.9 Å². The molecule has 2 heterocycles. The van der Waals surface area contributed by atoms with Crippen LogP contribution < -0.4 is 0 Å². The predicted octanol–water partition coefficient (Wildman–Crippen LogP) is 1.30. The van der Waals surface area contributed by atoms with E-state index in [2.05, 4.69) is 9.72 Å². The molecule has 0 bridgehead atoms. The van der Waals surface area contributed by atoms with Crippen molar-refractivity contribution < 1.29 is 9.53 Å². The third-order valence-corrected chi connectivity index (χ3v) is 2.37. The van der Waals surface area contributed by atoms with Gasteiger partial charge >= 0.3 is 5.97 Å². The normalized spacial score (nSPS) is 10.1. The lowest BCUT2D eigenvalue weighted by Gasteiger charge is -1.97. The highest BCUT2D eigenvalue weighted by atomic mass is 16.5. The lowest BCUT2D eigenvalue weighted by Crippen LogP contribution is -2.03. The van der Waals surface area contributed by atoms with Crippen LogP contribution in [0, 0.1) is 18.3 Å². The van der Waals surface area contributed by atoms with Crippen LogP contribution >= 0.6 is 0 Å². The number of aryl methyl sites for hydroxylation is 1. The lowest BCUT2D eigenvalue weighted by molar-refractivity contribution is 0.0594.